The van der Waals surface area contributed by atoms with Gasteiger partial charge in [-0.1, -0.05) is 36.4 Å². The second kappa shape index (κ2) is 13.5. The minimum atomic E-state index is -0.879. The molecular weight excluding hydrogens is 486 g/mol. The van der Waals surface area contributed by atoms with Gasteiger partial charge in [0.25, 0.3) is 5.91 Å². The zero-order valence-corrected chi connectivity index (χ0v) is 24.1. The number of thioether (sulfide) groups is 1. The normalized spacial score (nSPS) is 12.9. The summed E-state index contributed by atoms with van der Waals surface area (Å²) in [7, 11) is 0. The van der Waals surface area contributed by atoms with Crippen molar-refractivity contribution in [2.24, 2.45) is 0 Å². The van der Waals surface area contributed by atoms with Gasteiger partial charge in [-0.3, -0.25) is 9.59 Å². The maximum absolute atomic E-state index is 14.0. The second-order valence-electron chi connectivity index (χ2n) is 10.1. The Kier molecular flexibility index (Phi) is 11.0. The Hall–Kier alpha value is -3.00. The fourth-order valence-electron chi connectivity index (χ4n) is 4.21. The summed E-state index contributed by atoms with van der Waals surface area (Å²) in [4.78, 5) is 42.1. The minimum Gasteiger partial charge on any atom is -0.444 e. The summed E-state index contributed by atoms with van der Waals surface area (Å²) >= 11 is 1.58. The highest BCUT2D eigenvalue weighted by atomic mass is 32.2. The second-order valence-corrected chi connectivity index (χ2v) is 11.1. The lowest BCUT2D eigenvalue weighted by molar-refractivity contribution is -0.140. The number of aryl methyl sites for hydroxylation is 3. The summed E-state index contributed by atoms with van der Waals surface area (Å²) in [5.41, 5.74) is 3.53. The van der Waals surface area contributed by atoms with Crippen molar-refractivity contribution in [2.75, 3.05) is 23.9 Å². The molecule has 0 saturated carbocycles. The van der Waals surface area contributed by atoms with Crippen LogP contribution in [0.5, 0.6) is 0 Å². The first-order chi connectivity index (χ1) is 17.4. The van der Waals surface area contributed by atoms with Crippen molar-refractivity contribution in [3.05, 3.63) is 64.7 Å². The Balaban J connectivity index is 2.51. The van der Waals surface area contributed by atoms with Gasteiger partial charge in [-0.25, -0.2) is 4.79 Å². The van der Waals surface area contributed by atoms with Gasteiger partial charge in [0.05, 0.1) is 0 Å². The van der Waals surface area contributed by atoms with E-state index in [0.717, 1.165) is 22.3 Å². The van der Waals surface area contributed by atoms with Gasteiger partial charge in [-0.15, -0.1) is 0 Å². The molecule has 2 atom stereocenters. The van der Waals surface area contributed by atoms with E-state index in [0.29, 0.717) is 17.9 Å². The molecule has 0 radical (unpaired) electrons. The Morgan fingerprint density at radius 1 is 0.973 bits per heavy atom. The summed E-state index contributed by atoms with van der Waals surface area (Å²) < 4.78 is 5.43. The Morgan fingerprint density at radius 3 is 2.11 bits per heavy atom. The number of rotatable bonds is 10. The van der Waals surface area contributed by atoms with Gasteiger partial charge in [0.2, 0.25) is 5.91 Å². The molecule has 2 aromatic carbocycles. The van der Waals surface area contributed by atoms with Crippen LogP contribution in [0.2, 0.25) is 0 Å². The SMILES string of the molecule is CCN(C(=O)C(CCSC)NC(=O)OC(C)(C)C)C(C(=O)Nc1ccccc1C)c1c(C)cccc1C. The highest BCUT2D eigenvalue weighted by molar-refractivity contribution is 7.98. The van der Waals surface area contributed by atoms with Gasteiger partial charge in [-0.2, -0.15) is 11.8 Å². The van der Waals surface area contributed by atoms with Crippen molar-refractivity contribution < 1.29 is 19.1 Å². The van der Waals surface area contributed by atoms with Crippen molar-refractivity contribution >= 4 is 35.4 Å². The molecule has 37 heavy (non-hydrogen) atoms. The van der Waals surface area contributed by atoms with E-state index in [9.17, 15) is 14.4 Å². The molecule has 0 heterocycles. The van der Waals surface area contributed by atoms with Crippen molar-refractivity contribution in [2.45, 2.75) is 72.6 Å². The number of nitrogens with zero attached hydrogens (tertiary/aromatic N) is 1. The summed E-state index contributed by atoms with van der Waals surface area (Å²) in [6, 6.07) is 11.7. The number of hydrogen-bond acceptors (Lipinski definition) is 5. The van der Waals surface area contributed by atoms with Crippen LogP contribution in [0.15, 0.2) is 42.5 Å². The van der Waals surface area contributed by atoms with Crippen LogP contribution < -0.4 is 10.6 Å². The van der Waals surface area contributed by atoms with Crippen LogP contribution >= 0.6 is 11.8 Å². The van der Waals surface area contributed by atoms with Crippen LogP contribution in [0.1, 0.15) is 62.4 Å². The third kappa shape index (κ3) is 8.52. The van der Waals surface area contributed by atoms with E-state index >= 15 is 0 Å². The number of hydrogen-bond donors (Lipinski definition) is 2. The molecule has 0 saturated heterocycles. The molecule has 2 N–H and O–H groups in total. The molecule has 0 aliphatic rings. The lowest BCUT2D eigenvalue weighted by Crippen LogP contribution is -2.52. The van der Waals surface area contributed by atoms with E-state index < -0.39 is 23.8 Å². The zero-order valence-electron chi connectivity index (χ0n) is 23.3. The predicted octanol–water partition coefficient (Wildman–Crippen LogP) is 5.79. The van der Waals surface area contributed by atoms with E-state index in [2.05, 4.69) is 10.6 Å². The zero-order chi connectivity index (χ0) is 27.8. The molecule has 2 unspecified atom stereocenters. The Morgan fingerprint density at radius 2 is 1.57 bits per heavy atom. The summed E-state index contributed by atoms with van der Waals surface area (Å²) in [5, 5.41) is 5.80. The van der Waals surface area contributed by atoms with Crippen LogP contribution in [0.4, 0.5) is 10.5 Å². The molecule has 7 nitrogen and oxygen atoms in total. The third-order valence-electron chi connectivity index (χ3n) is 6.00. The van der Waals surface area contributed by atoms with Crippen molar-refractivity contribution in [3.8, 4) is 0 Å². The van der Waals surface area contributed by atoms with Gasteiger partial charge >= 0.3 is 6.09 Å². The van der Waals surface area contributed by atoms with Crippen LogP contribution in [0, 0.1) is 20.8 Å². The average molecular weight is 528 g/mol. The van der Waals surface area contributed by atoms with E-state index in [4.69, 9.17) is 4.74 Å². The summed E-state index contributed by atoms with van der Waals surface area (Å²) in [5.74, 6) is 0.0329. The molecule has 0 bridgehead atoms. The van der Waals surface area contributed by atoms with Crippen LogP contribution in [-0.2, 0) is 14.3 Å². The van der Waals surface area contributed by atoms with Crippen LogP contribution in [0.3, 0.4) is 0 Å². The van der Waals surface area contributed by atoms with Gasteiger partial charge < -0.3 is 20.3 Å². The van der Waals surface area contributed by atoms with E-state index in [1.54, 1.807) is 37.4 Å². The molecule has 0 spiro atoms. The number of alkyl carbamates (subject to hydrolysis) is 1. The van der Waals surface area contributed by atoms with Gasteiger partial charge in [0.15, 0.2) is 0 Å². The smallest absolute Gasteiger partial charge is 0.408 e. The lowest BCUT2D eigenvalue weighted by Gasteiger charge is -2.35. The molecular formula is C29H41N3O4S. The van der Waals surface area contributed by atoms with Gasteiger partial charge in [-0.05, 0) is 95.2 Å². The van der Waals surface area contributed by atoms with Gasteiger partial charge in [0.1, 0.15) is 17.7 Å². The molecule has 202 valence electrons. The molecule has 2 rings (SSSR count). The first-order valence-corrected chi connectivity index (χ1v) is 14.0. The number of nitrogens with one attached hydrogen (secondary N) is 2. The van der Waals surface area contributed by atoms with E-state index in [1.165, 1.54) is 0 Å². The quantitative estimate of drug-likeness (QED) is 0.409. The molecule has 3 amide bonds. The maximum Gasteiger partial charge on any atom is 0.408 e. The molecule has 0 fully saturated rings. The Bertz CT molecular complexity index is 1080. The van der Waals surface area contributed by atoms with Gasteiger partial charge in [0, 0.05) is 12.2 Å². The monoisotopic (exact) mass is 527 g/mol. The minimum absolute atomic E-state index is 0.282. The largest absolute Gasteiger partial charge is 0.444 e. The highest BCUT2D eigenvalue weighted by Crippen LogP contribution is 2.30. The maximum atomic E-state index is 14.0. The number of carbonyl (C=O) groups excluding carboxylic acids is 3. The highest BCUT2D eigenvalue weighted by Gasteiger charge is 2.36. The molecule has 0 aliphatic heterocycles. The van der Waals surface area contributed by atoms with Crippen LogP contribution in [0.25, 0.3) is 0 Å². The number of likely N-dealkylation sites (N-methyl/N-ethyl adjacent to an activating group) is 1. The number of benzene rings is 2. The first-order valence-electron chi connectivity index (χ1n) is 12.6. The number of para-hydroxylation sites is 1. The first kappa shape index (κ1) is 30.2. The average Bonchev–Trinajstić information content (AvgIpc) is 2.81. The Labute approximate surface area is 225 Å². The van der Waals surface area contributed by atoms with Crippen LogP contribution in [-0.4, -0.2) is 53.0 Å². The number of anilines is 1. The molecule has 8 heteroatoms. The van der Waals surface area contributed by atoms with Crippen molar-refractivity contribution in [3.63, 3.8) is 0 Å². The third-order valence-corrected chi connectivity index (χ3v) is 6.65. The van der Waals surface area contributed by atoms with Crippen molar-refractivity contribution in [1.29, 1.82) is 0 Å². The molecule has 0 aliphatic carbocycles. The number of carbonyl (C=O) groups is 3. The topological polar surface area (TPSA) is 87.7 Å². The van der Waals surface area contributed by atoms with Crippen molar-refractivity contribution in [1.82, 2.24) is 10.2 Å². The number of ether oxygens (including phenoxy) is 1. The van der Waals surface area contributed by atoms with E-state index in [-0.39, 0.29) is 18.4 Å². The molecule has 0 aromatic heterocycles. The predicted molar refractivity (Wildman–Crippen MR) is 152 cm³/mol. The summed E-state index contributed by atoms with van der Waals surface area (Å²) in [6.07, 6.45) is 1.70. The summed E-state index contributed by atoms with van der Waals surface area (Å²) in [6.45, 7) is 13.3. The standard InChI is InChI=1S/C29H41N3O4S/c1-9-32(27(34)23(17-18-37-8)31-28(35)36-29(5,6)7)25(24-20(3)14-12-15-21(24)4)26(33)30-22-16-11-10-13-19(22)2/h10-16,23,25H,9,17-18H2,1-8H3,(H,30,33)(H,31,35). The fraction of sp³-hybridized carbons (Fsp3) is 0.483. The van der Waals surface area contributed by atoms with E-state index in [1.807, 2.05) is 76.4 Å². The fourth-order valence-corrected chi connectivity index (χ4v) is 4.68. The molecule has 2 aromatic rings. The number of amides is 3. The lowest BCUT2D eigenvalue weighted by atomic mass is 9.93.